The van der Waals surface area contributed by atoms with Crippen LogP contribution < -0.4 is 5.32 Å². The summed E-state index contributed by atoms with van der Waals surface area (Å²) in [5.74, 6) is 0. The Morgan fingerprint density at radius 1 is 1.53 bits per heavy atom. The zero-order valence-corrected chi connectivity index (χ0v) is 10.0. The van der Waals surface area contributed by atoms with Crippen LogP contribution in [0.15, 0.2) is 24.3 Å². The Bertz CT molecular complexity index is 405. The monoisotopic (exact) mass is 256 g/mol. The van der Waals surface area contributed by atoms with Crippen molar-refractivity contribution >= 4 is 24.4 Å². The van der Waals surface area contributed by atoms with Gasteiger partial charge in [0.1, 0.15) is 6.61 Å². The Balaban J connectivity index is 2.47. The number of benzene rings is 1. The van der Waals surface area contributed by atoms with Crippen LogP contribution in [0, 0.1) is 10.1 Å². The highest BCUT2D eigenvalue weighted by Crippen LogP contribution is 2.12. The van der Waals surface area contributed by atoms with Gasteiger partial charge in [-0.15, -0.1) is 0 Å². The van der Waals surface area contributed by atoms with Crippen molar-refractivity contribution in [3.63, 3.8) is 0 Å². The zero-order chi connectivity index (χ0) is 12.8. The molecule has 0 saturated carbocycles. The third-order valence-corrected chi connectivity index (χ3v) is 1.97. The lowest BCUT2D eigenvalue weighted by atomic mass is 10.2. The van der Waals surface area contributed by atoms with Crippen molar-refractivity contribution in [2.24, 2.45) is 0 Å². The van der Waals surface area contributed by atoms with Gasteiger partial charge >= 0.3 is 6.09 Å². The Kier molecular flexibility index (Phi) is 4.77. The summed E-state index contributed by atoms with van der Waals surface area (Å²) < 4.78 is 4.87. The van der Waals surface area contributed by atoms with Gasteiger partial charge in [0.25, 0.3) is 5.69 Å². The predicted octanol–water partition coefficient (Wildman–Crippen LogP) is 2.10. The smallest absolute Gasteiger partial charge is 0.408 e. The highest BCUT2D eigenvalue weighted by molar-refractivity contribution is 7.80. The summed E-state index contributed by atoms with van der Waals surface area (Å²) in [5.41, 5.74) is 0.680. The summed E-state index contributed by atoms with van der Waals surface area (Å²) in [6.07, 6.45) is -0.578. The topological polar surface area (TPSA) is 81.5 Å². The molecule has 0 spiro atoms. The molecule has 0 saturated heterocycles. The van der Waals surface area contributed by atoms with E-state index in [1.807, 2.05) is 0 Å². The lowest BCUT2D eigenvalue weighted by Crippen LogP contribution is -2.29. The number of nitro groups is 1. The van der Waals surface area contributed by atoms with Crippen molar-refractivity contribution in [2.45, 2.75) is 18.9 Å². The number of nitro benzene ring substituents is 1. The molecule has 1 unspecified atom stereocenters. The Morgan fingerprint density at radius 3 is 2.59 bits per heavy atom. The fraction of sp³-hybridized carbons (Fsp3) is 0.300. The van der Waals surface area contributed by atoms with E-state index in [1.54, 1.807) is 6.92 Å². The average Bonchev–Trinajstić information content (AvgIpc) is 2.26. The van der Waals surface area contributed by atoms with Crippen LogP contribution in [0.25, 0.3) is 0 Å². The first-order valence-electron chi connectivity index (χ1n) is 4.83. The van der Waals surface area contributed by atoms with Crippen molar-refractivity contribution in [3.8, 4) is 0 Å². The first-order valence-corrected chi connectivity index (χ1v) is 5.35. The molecule has 1 aromatic rings. The SMILES string of the molecule is CC(S)NC(=O)OCc1ccc([N+](=O)[O-])cc1. The molecule has 1 rings (SSSR count). The minimum atomic E-state index is -0.578. The van der Waals surface area contributed by atoms with E-state index in [0.717, 1.165) is 0 Å². The number of thiol groups is 1. The van der Waals surface area contributed by atoms with Gasteiger partial charge in [-0.2, -0.15) is 12.6 Å². The fourth-order valence-electron chi connectivity index (χ4n) is 1.07. The second-order valence-corrected chi connectivity index (χ2v) is 4.09. The van der Waals surface area contributed by atoms with E-state index in [0.29, 0.717) is 5.56 Å². The van der Waals surface area contributed by atoms with Crippen molar-refractivity contribution in [2.75, 3.05) is 0 Å². The van der Waals surface area contributed by atoms with E-state index in [2.05, 4.69) is 17.9 Å². The highest BCUT2D eigenvalue weighted by atomic mass is 32.1. The molecule has 1 amide bonds. The van der Waals surface area contributed by atoms with E-state index >= 15 is 0 Å². The number of non-ortho nitro benzene ring substituents is 1. The molecule has 7 heteroatoms. The first kappa shape index (κ1) is 13.3. The van der Waals surface area contributed by atoms with E-state index in [4.69, 9.17) is 4.74 Å². The van der Waals surface area contributed by atoms with Crippen LogP contribution in [0.5, 0.6) is 0 Å². The molecule has 1 N–H and O–H groups in total. The molecule has 0 bridgehead atoms. The number of nitrogens with one attached hydrogen (secondary N) is 1. The van der Waals surface area contributed by atoms with Crippen LogP contribution >= 0.6 is 12.6 Å². The van der Waals surface area contributed by atoms with Gasteiger partial charge in [0, 0.05) is 12.1 Å². The van der Waals surface area contributed by atoms with E-state index in [1.165, 1.54) is 24.3 Å². The second-order valence-electron chi connectivity index (χ2n) is 3.32. The molecular formula is C10H12N2O4S. The van der Waals surface area contributed by atoms with Gasteiger partial charge in [0.2, 0.25) is 0 Å². The molecule has 0 aliphatic heterocycles. The summed E-state index contributed by atoms with van der Waals surface area (Å²) in [5, 5.41) is 12.5. The van der Waals surface area contributed by atoms with Gasteiger partial charge in [0.05, 0.1) is 10.3 Å². The minimum Gasteiger partial charge on any atom is -0.445 e. The number of carbonyl (C=O) groups is 1. The molecule has 0 aliphatic carbocycles. The number of alkyl carbamates (subject to hydrolysis) is 1. The minimum absolute atomic E-state index is 0.00202. The van der Waals surface area contributed by atoms with Gasteiger partial charge < -0.3 is 10.1 Å². The number of amides is 1. The number of hydrogen-bond acceptors (Lipinski definition) is 5. The van der Waals surface area contributed by atoms with E-state index in [9.17, 15) is 14.9 Å². The number of hydrogen-bond donors (Lipinski definition) is 2. The maximum absolute atomic E-state index is 11.1. The van der Waals surface area contributed by atoms with Crippen LogP contribution in [0.1, 0.15) is 12.5 Å². The summed E-state index contributed by atoms with van der Waals surface area (Å²) in [6, 6.07) is 5.79. The first-order chi connectivity index (χ1) is 7.99. The molecule has 6 nitrogen and oxygen atoms in total. The second kappa shape index (κ2) is 6.09. The van der Waals surface area contributed by atoms with E-state index < -0.39 is 11.0 Å². The average molecular weight is 256 g/mol. The maximum atomic E-state index is 11.1. The Hall–Kier alpha value is -1.76. The molecule has 0 aromatic heterocycles. The van der Waals surface area contributed by atoms with Crippen molar-refractivity contribution in [1.29, 1.82) is 0 Å². The number of carbonyl (C=O) groups excluding carboxylic acids is 1. The number of rotatable bonds is 4. The van der Waals surface area contributed by atoms with Gasteiger partial charge in [0.15, 0.2) is 0 Å². The molecule has 1 atom stereocenters. The standard InChI is InChI=1S/C10H12N2O4S/c1-7(17)11-10(13)16-6-8-2-4-9(5-3-8)12(14)15/h2-5,7,17H,6H2,1H3,(H,11,13). The van der Waals surface area contributed by atoms with Crippen LogP contribution in [0.2, 0.25) is 0 Å². The van der Waals surface area contributed by atoms with Crippen LogP contribution in [0.4, 0.5) is 10.5 Å². The van der Waals surface area contributed by atoms with E-state index in [-0.39, 0.29) is 17.7 Å². The predicted molar refractivity (Wildman–Crippen MR) is 64.9 cm³/mol. The Labute approximate surface area is 104 Å². The summed E-state index contributed by atoms with van der Waals surface area (Å²) >= 11 is 3.97. The normalized spacial score (nSPS) is 11.6. The molecule has 0 radical (unpaired) electrons. The van der Waals surface area contributed by atoms with Crippen LogP contribution in [-0.2, 0) is 11.3 Å². The summed E-state index contributed by atoms with van der Waals surface area (Å²) in [4.78, 5) is 21.0. The molecular weight excluding hydrogens is 244 g/mol. The summed E-state index contributed by atoms with van der Waals surface area (Å²) in [7, 11) is 0. The fourth-order valence-corrected chi connectivity index (χ4v) is 1.18. The molecule has 0 aliphatic rings. The molecule has 92 valence electrons. The molecule has 0 heterocycles. The quantitative estimate of drug-likeness (QED) is 0.374. The van der Waals surface area contributed by atoms with Gasteiger partial charge in [-0.1, -0.05) is 0 Å². The molecule has 17 heavy (non-hydrogen) atoms. The third kappa shape index (κ3) is 4.73. The molecule has 0 fully saturated rings. The van der Waals surface area contributed by atoms with Crippen molar-refractivity contribution < 1.29 is 14.5 Å². The maximum Gasteiger partial charge on any atom is 0.408 e. The van der Waals surface area contributed by atoms with Crippen LogP contribution in [0.3, 0.4) is 0 Å². The van der Waals surface area contributed by atoms with Gasteiger partial charge in [-0.05, 0) is 24.6 Å². The zero-order valence-electron chi connectivity index (χ0n) is 9.12. The van der Waals surface area contributed by atoms with Crippen LogP contribution in [-0.4, -0.2) is 16.4 Å². The lowest BCUT2D eigenvalue weighted by molar-refractivity contribution is -0.384. The highest BCUT2D eigenvalue weighted by Gasteiger charge is 2.07. The van der Waals surface area contributed by atoms with Crippen molar-refractivity contribution in [3.05, 3.63) is 39.9 Å². The Morgan fingerprint density at radius 2 is 2.12 bits per heavy atom. The molecule has 1 aromatic carbocycles. The number of nitrogens with zero attached hydrogens (tertiary/aromatic N) is 1. The lowest BCUT2D eigenvalue weighted by Gasteiger charge is -2.08. The third-order valence-electron chi connectivity index (χ3n) is 1.84. The number of ether oxygens (including phenoxy) is 1. The van der Waals surface area contributed by atoms with Crippen molar-refractivity contribution in [1.82, 2.24) is 5.32 Å². The van der Waals surface area contributed by atoms with Gasteiger partial charge in [-0.3, -0.25) is 10.1 Å². The van der Waals surface area contributed by atoms with Gasteiger partial charge in [-0.25, -0.2) is 4.79 Å². The largest absolute Gasteiger partial charge is 0.445 e. The summed E-state index contributed by atoms with van der Waals surface area (Å²) in [6.45, 7) is 1.75.